The molecule has 0 spiro atoms. The van der Waals surface area contributed by atoms with Crippen molar-refractivity contribution in [2.75, 3.05) is 59.2 Å². The number of aliphatic hydroxyl groups is 1. The minimum absolute atomic E-state index is 0.344. The van der Waals surface area contributed by atoms with Crippen LogP contribution in [0, 0.1) is 6.92 Å². The van der Waals surface area contributed by atoms with Crippen molar-refractivity contribution in [3.8, 4) is 11.5 Å². The zero-order chi connectivity index (χ0) is 22.2. The second-order valence-corrected chi connectivity index (χ2v) is 9.05. The van der Waals surface area contributed by atoms with Crippen LogP contribution in [0.3, 0.4) is 0 Å². The van der Waals surface area contributed by atoms with Gasteiger partial charge in [-0.1, -0.05) is 29.8 Å². The summed E-state index contributed by atoms with van der Waals surface area (Å²) in [7, 11) is 0. The fraction of sp³-hybridized carbons (Fsp3) is 0.538. The van der Waals surface area contributed by atoms with Gasteiger partial charge in [-0.15, -0.1) is 0 Å². The lowest BCUT2D eigenvalue weighted by molar-refractivity contribution is -0.0537. The highest BCUT2D eigenvalue weighted by Gasteiger charge is 2.33. The van der Waals surface area contributed by atoms with Crippen LogP contribution in [-0.4, -0.2) is 79.7 Å². The molecule has 0 radical (unpaired) electrons. The van der Waals surface area contributed by atoms with E-state index < -0.39 is 5.60 Å². The minimum atomic E-state index is -0.758. The largest absolute Gasteiger partial charge is 0.492 e. The van der Waals surface area contributed by atoms with E-state index >= 15 is 0 Å². The van der Waals surface area contributed by atoms with Gasteiger partial charge in [-0.05, 0) is 49.6 Å². The van der Waals surface area contributed by atoms with Crippen molar-refractivity contribution in [2.45, 2.75) is 31.9 Å². The third kappa shape index (κ3) is 6.94. The van der Waals surface area contributed by atoms with Gasteiger partial charge in [0, 0.05) is 39.3 Å². The van der Waals surface area contributed by atoms with E-state index in [-0.39, 0.29) is 0 Å². The summed E-state index contributed by atoms with van der Waals surface area (Å²) in [5.74, 6) is 1.74. The normalized spacial score (nSPS) is 19.6. The fourth-order valence-electron chi connectivity index (χ4n) is 4.23. The van der Waals surface area contributed by atoms with Crippen LogP contribution in [0.15, 0.2) is 48.5 Å². The molecular weight excluding hydrogens is 404 g/mol. The van der Waals surface area contributed by atoms with Crippen LogP contribution in [0.1, 0.15) is 24.0 Å². The van der Waals surface area contributed by atoms with Crippen LogP contribution < -0.4 is 9.47 Å². The molecule has 2 fully saturated rings. The van der Waals surface area contributed by atoms with Gasteiger partial charge in [-0.3, -0.25) is 9.80 Å². The molecular formula is C26H36N2O4. The summed E-state index contributed by atoms with van der Waals surface area (Å²) in [6.07, 6.45) is 1.43. The lowest BCUT2D eigenvalue weighted by Gasteiger charge is -2.38. The lowest BCUT2D eigenvalue weighted by Crippen LogP contribution is -2.47. The Balaban J connectivity index is 1.19. The first-order valence-corrected chi connectivity index (χ1v) is 11.7. The van der Waals surface area contributed by atoms with Gasteiger partial charge in [0.05, 0.1) is 13.2 Å². The summed E-state index contributed by atoms with van der Waals surface area (Å²) in [4.78, 5) is 4.78. The van der Waals surface area contributed by atoms with Gasteiger partial charge in [-0.25, -0.2) is 0 Å². The standard InChI is InChI=1S/C26H36N2O4/c1-22-5-7-24(8-6-22)32-21-26(29)9-11-28(12-10-26)20-23-3-2-4-25(19-23)31-18-15-27-13-16-30-17-14-27/h2-8,19,29H,9-18,20-21H2,1H3. The molecule has 0 saturated carbocycles. The van der Waals surface area contributed by atoms with E-state index in [4.69, 9.17) is 14.2 Å². The number of aryl methyl sites for hydroxylation is 1. The van der Waals surface area contributed by atoms with E-state index in [1.54, 1.807) is 0 Å². The van der Waals surface area contributed by atoms with E-state index in [0.717, 1.165) is 64.0 Å². The van der Waals surface area contributed by atoms with Crippen molar-refractivity contribution in [2.24, 2.45) is 0 Å². The molecule has 2 heterocycles. The average Bonchev–Trinajstić information content (AvgIpc) is 2.82. The molecule has 1 N–H and O–H groups in total. The molecule has 0 unspecified atom stereocenters. The molecule has 2 saturated heterocycles. The van der Waals surface area contributed by atoms with E-state index in [1.165, 1.54) is 11.1 Å². The van der Waals surface area contributed by atoms with Crippen molar-refractivity contribution in [1.82, 2.24) is 9.80 Å². The molecule has 2 aliphatic rings. The van der Waals surface area contributed by atoms with Gasteiger partial charge in [0.2, 0.25) is 0 Å². The number of morpholine rings is 1. The quantitative estimate of drug-likeness (QED) is 0.647. The van der Waals surface area contributed by atoms with E-state index in [0.29, 0.717) is 26.1 Å². The van der Waals surface area contributed by atoms with Crippen LogP contribution >= 0.6 is 0 Å². The van der Waals surface area contributed by atoms with Gasteiger partial charge in [-0.2, -0.15) is 0 Å². The topological polar surface area (TPSA) is 54.4 Å². The summed E-state index contributed by atoms with van der Waals surface area (Å²) in [5, 5.41) is 10.9. The molecule has 0 aromatic heterocycles. The fourth-order valence-corrected chi connectivity index (χ4v) is 4.23. The van der Waals surface area contributed by atoms with E-state index in [2.05, 4.69) is 34.9 Å². The molecule has 174 valence electrons. The molecule has 2 aliphatic heterocycles. The number of benzene rings is 2. The molecule has 0 bridgehead atoms. The molecule has 6 nitrogen and oxygen atoms in total. The average molecular weight is 441 g/mol. The van der Waals surface area contributed by atoms with Gasteiger partial charge < -0.3 is 19.3 Å². The Morgan fingerprint density at radius 1 is 0.906 bits per heavy atom. The monoisotopic (exact) mass is 440 g/mol. The Labute approximate surface area is 191 Å². The van der Waals surface area contributed by atoms with Crippen LogP contribution in [0.25, 0.3) is 0 Å². The van der Waals surface area contributed by atoms with Crippen molar-refractivity contribution in [3.63, 3.8) is 0 Å². The van der Waals surface area contributed by atoms with Gasteiger partial charge in [0.25, 0.3) is 0 Å². The first kappa shape index (κ1) is 23.1. The highest BCUT2D eigenvalue weighted by atomic mass is 16.5. The van der Waals surface area contributed by atoms with E-state index in [9.17, 15) is 5.11 Å². The summed E-state index contributed by atoms with van der Waals surface area (Å²) < 4.78 is 17.2. The molecule has 0 amide bonds. The van der Waals surface area contributed by atoms with Crippen molar-refractivity contribution in [1.29, 1.82) is 0 Å². The smallest absolute Gasteiger partial charge is 0.119 e. The first-order valence-electron chi connectivity index (χ1n) is 11.7. The van der Waals surface area contributed by atoms with Crippen molar-refractivity contribution in [3.05, 3.63) is 59.7 Å². The summed E-state index contributed by atoms with van der Waals surface area (Å²) in [6, 6.07) is 16.4. The number of hydrogen-bond acceptors (Lipinski definition) is 6. The number of rotatable bonds is 9. The number of nitrogens with zero attached hydrogens (tertiary/aromatic N) is 2. The molecule has 2 aromatic rings. The Morgan fingerprint density at radius 3 is 2.41 bits per heavy atom. The maximum atomic E-state index is 10.9. The summed E-state index contributed by atoms with van der Waals surface area (Å²) >= 11 is 0. The van der Waals surface area contributed by atoms with Crippen molar-refractivity contribution < 1.29 is 19.3 Å². The van der Waals surface area contributed by atoms with E-state index in [1.807, 2.05) is 30.3 Å². The maximum Gasteiger partial charge on any atom is 0.119 e. The molecule has 0 aliphatic carbocycles. The lowest BCUT2D eigenvalue weighted by atomic mass is 9.92. The number of likely N-dealkylation sites (tertiary alicyclic amines) is 1. The van der Waals surface area contributed by atoms with Crippen LogP contribution in [0.5, 0.6) is 11.5 Å². The first-order chi connectivity index (χ1) is 15.6. The molecule has 2 aromatic carbocycles. The number of hydrogen-bond donors (Lipinski definition) is 1. The Kier molecular flexibility index (Phi) is 8.03. The number of ether oxygens (including phenoxy) is 3. The molecule has 0 atom stereocenters. The second kappa shape index (κ2) is 11.1. The third-order valence-corrected chi connectivity index (χ3v) is 6.40. The minimum Gasteiger partial charge on any atom is -0.492 e. The maximum absolute atomic E-state index is 10.9. The van der Waals surface area contributed by atoms with Crippen LogP contribution in [-0.2, 0) is 11.3 Å². The molecule has 6 heteroatoms. The molecule has 4 rings (SSSR count). The SMILES string of the molecule is Cc1ccc(OCC2(O)CCN(Cc3cccc(OCCN4CCOCC4)c3)CC2)cc1. The second-order valence-electron chi connectivity index (χ2n) is 9.05. The molecule has 32 heavy (non-hydrogen) atoms. The predicted octanol–water partition coefficient (Wildman–Crippen LogP) is 3.11. The summed E-state index contributed by atoms with van der Waals surface area (Å²) in [5.41, 5.74) is 1.69. The number of piperidine rings is 1. The van der Waals surface area contributed by atoms with Crippen LogP contribution in [0.4, 0.5) is 0 Å². The van der Waals surface area contributed by atoms with Gasteiger partial charge >= 0.3 is 0 Å². The zero-order valence-corrected chi connectivity index (χ0v) is 19.2. The van der Waals surface area contributed by atoms with Gasteiger partial charge in [0.15, 0.2) is 0 Å². The zero-order valence-electron chi connectivity index (χ0n) is 19.2. The highest BCUT2D eigenvalue weighted by molar-refractivity contribution is 5.29. The Morgan fingerprint density at radius 2 is 1.66 bits per heavy atom. The van der Waals surface area contributed by atoms with Gasteiger partial charge in [0.1, 0.15) is 30.3 Å². The Bertz CT molecular complexity index is 828. The third-order valence-electron chi connectivity index (χ3n) is 6.40. The highest BCUT2D eigenvalue weighted by Crippen LogP contribution is 2.25. The Hall–Kier alpha value is -2.12. The van der Waals surface area contributed by atoms with Crippen LogP contribution in [0.2, 0.25) is 0 Å². The van der Waals surface area contributed by atoms with Crippen molar-refractivity contribution >= 4 is 0 Å². The predicted molar refractivity (Wildman–Crippen MR) is 125 cm³/mol. The summed E-state index contributed by atoms with van der Waals surface area (Å²) in [6.45, 7) is 10.2.